The molecule has 1 aliphatic heterocycles. The number of carbonyl (C=O) groups is 1. The van der Waals surface area contributed by atoms with Crippen LogP contribution in [0.1, 0.15) is 5.56 Å². The van der Waals surface area contributed by atoms with Gasteiger partial charge in [-0.25, -0.2) is 0 Å². The zero-order valence-corrected chi connectivity index (χ0v) is 14.4. The monoisotopic (exact) mass is 354 g/mol. The van der Waals surface area contributed by atoms with E-state index in [0.29, 0.717) is 5.56 Å². The summed E-state index contributed by atoms with van der Waals surface area (Å²) in [6, 6.07) is 15.8. The van der Waals surface area contributed by atoms with Crippen LogP contribution in [0.5, 0.6) is 0 Å². The number of rotatable bonds is 5. The smallest absolute Gasteiger partial charge is 0.317 e. The van der Waals surface area contributed by atoms with Crippen LogP contribution in [0.4, 0.5) is 5.69 Å². The number of hydrogen-bond acceptors (Lipinski definition) is 5. The fraction of sp³-hybridized carbons (Fsp3) is 0.263. The zero-order chi connectivity index (χ0) is 18.5. The Kier molecular flexibility index (Phi) is 5.38. The summed E-state index contributed by atoms with van der Waals surface area (Å²) in [5.41, 5.74) is 9.53. The second-order valence-corrected chi connectivity index (χ2v) is 6.27. The van der Waals surface area contributed by atoms with E-state index in [1.54, 1.807) is 0 Å². The largest absolute Gasteiger partial charge is 0.480 e. The van der Waals surface area contributed by atoms with Gasteiger partial charge in [0, 0.05) is 37.4 Å². The first kappa shape index (κ1) is 17.8. The zero-order valence-electron chi connectivity index (χ0n) is 14.4. The average molecular weight is 354 g/mol. The van der Waals surface area contributed by atoms with Gasteiger partial charge in [0.15, 0.2) is 5.84 Å². The van der Waals surface area contributed by atoms with E-state index in [1.807, 2.05) is 29.2 Å². The lowest BCUT2D eigenvalue weighted by Gasteiger charge is -2.35. The normalized spacial score (nSPS) is 15.8. The van der Waals surface area contributed by atoms with Crippen molar-refractivity contribution >= 4 is 17.5 Å². The number of amidine groups is 1. The number of carboxylic acids is 1. The molecule has 0 unspecified atom stereocenters. The second-order valence-electron chi connectivity index (χ2n) is 6.27. The van der Waals surface area contributed by atoms with E-state index in [2.05, 4.69) is 34.3 Å². The van der Waals surface area contributed by atoms with Gasteiger partial charge in [-0.3, -0.25) is 9.69 Å². The number of oxime groups is 1. The number of anilines is 1. The van der Waals surface area contributed by atoms with E-state index in [-0.39, 0.29) is 12.4 Å². The van der Waals surface area contributed by atoms with Crippen LogP contribution in [-0.2, 0) is 4.79 Å². The van der Waals surface area contributed by atoms with Crippen molar-refractivity contribution in [2.45, 2.75) is 0 Å². The first-order valence-electron chi connectivity index (χ1n) is 8.44. The Bertz CT molecular complexity index is 779. The molecule has 1 saturated heterocycles. The van der Waals surface area contributed by atoms with Crippen LogP contribution < -0.4 is 10.6 Å². The summed E-state index contributed by atoms with van der Waals surface area (Å²) >= 11 is 0. The van der Waals surface area contributed by atoms with Gasteiger partial charge >= 0.3 is 5.97 Å². The van der Waals surface area contributed by atoms with E-state index < -0.39 is 5.97 Å². The van der Waals surface area contributed by atoms with Crippen molar-refractivity contribution in [3.63, 3.8) is 0 Å². The SMILES string of the molecule is NC(=NO)c1ccc(-c2ccc(N3CCN(CC(=O)O)CC3)cc2)cc1. The van der Waals surface area contributed by atoms with Crippen LogP contribution >= 0.6 is 0 Å². The van der Waals surface area contributed by atoms with Crippen molar-refractivity contribution in [3.05, 3.63) is 54.1 Å². The predicted molar refractivity (Wildman–Crippen MR) is 101 cm³/mol. The van der Waals surface area contributed by atoms with Gasteiger partial charge in [-0.1, -0.05) is 41.6 Å². The highest BCUT2D eigenvalue weighted by atomic mass is 16.4. The molecule has 7 nitrogen and oxygen atoms in total. The maximum atomic E-state index is 10.8. The average Bonchev–Trinajstić information content (AvgIpc) is 2.68. The van der Waals surface area contributed by atoms with Crippen molar-refractivity contribution in [3.8, 4) is 11.1 Å². The van der Waals surface area contributed by atoms with Crippen LogP contribution in [0, 0.1) is 0 Å². The van der Waals surface area contributed by atoms with E-state index >= 15 is 0 Å². The van der Waals surface area contributed by atoms with Crippen LogP contribution in [-0.4, -0.2) is 59.7 Å². The first-order valence-corrected chi connectivity index (χ1v) is 8.44. The standard InChI is InChI=1S/C19H22N4O3/c20-19(21-26)16-3-1-14(2-4-16)15-5-7-17(8-6-15)23-11-9-22(10-12-23)13-18(24)25/h1-8,26H,9-13H2,(H2,20,21)(H,24,25). The number of nitrogens with zero attached hydrogens (tertiary/aromatic N) is 3. The molecule has 0 aliphatic carbocycles. The number of benzene rings is 2. The molecular weight excluding hydrogens is 332 g/mol. The lowest BCUT2D eigenvalue weighted by Crippen LogP contribution is -2.47. The fourth-order valence-electron chi connectivity index (χ4n) is 3.11. The fourth-order valence-corrected chi connectivity index (χ4v) is 3.11. The molecule has 4 N–H and O–H groups in total. The third kappa shape index (κ3) is 4.12. The van der Waals surface area contributed by atoms with Crippen molar-refractivity contribution in [2.24, 2.45) is 10.9 Å². The summed E-state index contributed by atoms with van der Waals surface area (Å²) in [6.45, 7) is 3.25. The summed E-state index contributed by atoms with van der Waals surface area (Å²) < 4.78 is 0. The molecule has 0 spiro atoms. The highest BCUT2D eigenvalue weighted by Crippen LogP contribution is 2.24. The Morgan fingerprint density at radius 2 is 1.50 bits per heavy atom. The van der Waals surface area contributed by atoms with E-state index in [1.165, 1.54) is 0 Å². The molecule has 0 atom stereocenters. The molecule has 1 fully saturated rings. The van der Waals surface area contributed by atoms with Gasteiger partial charge in [0.05, 0.1) is 6.54 Å². The van der Waals surface area contributed by atoms with Gasteiger partial charge in [-0.05, 0) is 23.3 Å². The Morgan fingerprint density at radius 1 is 0.962 bits per heavy atom. The van der Waals surface area contributed by atoms with Crippen molar-refractivity contribution < 1.29 is 15.1 Å². The third-order valence-corrected chi connectivity index (χ3v) is 4.59. The summed E-state index contributed by atoms with van der Waals surface area (Å²) in [7, 11) is 0. The molecule has 0 amide bonds. The maximum Gasteiger partial charge on any atom is 0.317 e. The molecule has 2 aromatic rings. The molecule has 0 radical (unpaired) electrons. The lowest BCUT2D eigenvalue weighted by atomic mass is 10.0. The molecule has 7 heteroatoms. The van der Waals surface area contributed by atoms with Crippen LogP contribution in [0.15, 0.2) is 53.7 Å². The summed E-state index contributed by atoms with van der Waals surface area (Å²) in [5, 5.41) is 20.6. The topological polar surface area (TPSA) is 102 Å². The van der Waals surface area contributed by atoms with Crippen LogP contribution in [0.2, 0.25) is 0 Å². The van der Waals surface area contributed by atoms with Crippen molar-refractivity contribution in [1.29, 1.82) is 0 Å². The van der Waals surface area contributed by atoms with Gasteiger partial charge in [0.25, 0.3) is 0 Å². The molecule has 1 heterocycles. The minimum atomic E-state index is -0.777. The Balaban J connectivity index is 1.65. The molecule has 0 saturated carbocycles. The van der Waals surface area contributed by atoms with E-state index in [0.717, 1.165) is 43.0 Å². The number of nitrogens with two attached hydrogens (primary N) is 1. The van der Waals surface area contributed by atoms with Gasteiger partial charge in [0.1, 0.15) is 0 Å². The molecule has 0 bridgehead atoms. The Morgan fingerprint density at radius 3 is 2.00 bits per heavy atom. The quantitative estimate of drug-likeness (QED) is 0.327. The highest BCUT2D eigenvalue weighted by molar-refractivity contribution is 5.97. The third-order valence-electron chi connectivity index (χ3n) is 4.59. The van der Waals surface area contributed by atoms with Gasteiger partial charge in [0.2, 0.25) is 0 Å². The molecule has 3 rings (SSSR count). The van der Waals surface area contributed by atoms with E-state index in [9.17, 15) is 4.79 Å². The Hall–Kier alpha value is -3.06. The Labute approximate surface area is 151 Å². The minimum absolute atomic E-state index is 0.0916. The van der Waals surface area contributed by atoms with Gasteiger partial charge in [-0.15, -0.1) is 0 Å². The van der Waals surface area contributed by atoms with Crippen molar-refractivity contribution in [1.82, 2.24) is 4.90 Å². The second kappa shape index (κ2) is 7.88. The van der Waals surface area contributed by atoms with Gasteiger partial charge < -0.3 is 20.9 Å². The first-order chi connectivity index (χ1) is 12.6. The molecule has 136 valence electrons. The van der Waals surface area contributed by atoms with Crippen LogP contribution in [0.3, 0.4) is 0 Å². The molecular formula is C19H22N4O3. The summed E-state index contributed by atoms with van der Waals surface area (Å²) in [4.78, 5) is 15.0. The van der Waals surface area contributed by atoms with Crippen molar-refractivity contribution in [2.75, 3.05) is 37.6 Å². The maximum absolute atomic E-state index is 10.8. The van der Waals surface area contributed by atoms with Crippen LogP contribution in [0.25, 0.3) is 11.1 Å². The van der Waals surface area contributed by atoms with E-state index in [4.69, 9.17) is 16.0 Å². The molecule has 2 aromatic carbocycles. The summed E-state index contributed by atoms with van der Waals surface area (Å²) in [5.74, 6) is -0.685. The number of carboxylic acid groups (broad SMARTS) is 1. The highest BCUT2D eigenvalue weighted by Gasteiger charge is 2.18. The lowest BCUT2D eigenvalue weighted by molar-refractivity contribution is -0.138. The predicted octanol–water partition coefficient (Wildman–Crippen LogP) is 1.65. The molecule has 26 heavy (non-hydrogen) atoms. The molecule has 1 aliphatic rings. The molecule has 0 aromatic heterocycles. The van der Waals surface area contributed by atoms with Gasteiger partial charge in [-0.2, -0.15) is 0 Å². The number of piperazine rings is 1. The number of hydrogen-bond donors (Lipinski definition) is 3. The summed E-state index contributed by atoms with van der Waals surface area (Å²) in [6.07, 6.45) is 0. The number of aliphatic carboxylic acids is 1. The minimum Gasteiger partial charge on any atom is -0.480 e.